The van der Waals surface area contributed by atoms with Gasteiger partial charge in [-0.25, -0.2) is 4.79 Å². The molecule has 0 aliphatic rings. The molecule has 0 fully saturated rings. The fourth-order valence-electron chi connectivity index (χ4n) is 2.22. The first-order chi connectivity index (χ1) is 12.9. The Labute approximate surface area is 165 Å². The van der Waals surface area contributed by atoms with Crippen molar-refractivity contribution in [2.45, 2.75) is 13.8 Å². The summed E-state index contributed by atoms with van der Waals surface area (Å²) in [6.45, 7) is 3.22. The van der Waals surface area contributed by atoms with E-state index in [0.29, 0.717) is 21.2 Å². The minimum atomic E-state index is -0.602. The maximum absolute atomic E-state index is 12.3. The monoisotopic (exact) mass is 410 g/mol. The quantitative estimate of drug-likeness (QED) is 0.683. The van der Waals surface area contributed by atoms with Gasteiger partial charge < -0.3 is 20.1 Å². The van der Waals surface area contributed by atoms with Crippen LogP contribution in [0.2, 0.25) is 5.02 Å². The summed E-state index contributed by atoms with van der Waals surface area (Å²) in [5.74, 6) is -0.940. The van der Waals surface area contributed by atoms with E-state index in [9.17, 15) is 14.4 Å². The molecule has 9 heteroatoms. The van der Waals surface area contributed by atoms with Gasteiger partial charge in [-0.15, -0.1) is 11.3 Å². The van der Waals surface area contributed by atoms with Crippen LogP contribution in [0.5, 0.6) is 5.75 Å². The zero-order valence-corrected chi connectivity index (χ0v) is 16.6. The number of esters is 1. The lowest BCUT2D eigenvalue weighted by atomic mass is 10.1. The molecule has 0 radical (unpaired) electrons. The first-order valence-corrected chi connectivity index (χ1v) is 9.27. The molecule has 0 saturated heterocycles. The van der Waals surface area contributed by atoms with Gasteiger partial charge in [0.2, 0.25) is 0 Å². The van der Waals surface area contributed by atoms with Crippen LogP contribution in [0, 0.1) is 6.92 Å². The van der Waals surface area contributed by atoms with Gasteiger partial charge in [0.1, 0.15) is 10.8 Å². The van der Waals surface area contributed by atoms with E-state index in [2.05, 4.69) is 10.6 Å². The highest BCUT2D eigenvalue weighted by Crippen LogP contribution is 2.33. The molecule has 0 atom stereocenters. The van der Waals surface area contributed by atoms with Crippen molar-refractivity contribution in [3.63, 3.8) is 0 Å². The average molecular weight is 411 g/mol. The highest BCUT2D eigenvalue weighted by atomic mass is 35.5. The van der Waals surface area contributed by atoms with Crippen LogP contribution in [0.4, 0.5) is 5.00 Å². The highest BCUT2D eigenvalue weighted by molar-refractivity contribution is 7.18. The Bertz CT molecular complexity index is 848. The minimum absolute atomic E-state index is 0.167. The number of benzene rings is 1. The van der Waals surface area contributed by atoms with E-state index in [1.165, 1.54) is 7.05 Å². The normalized spacial score (nSPS) is 10.2. The van der Waals surface area contributed by atoms with Gasteiger partial charge in [0.25, 0.3) is 11.8 Å². The molecular formula is C18H19ClN2O5S. The smallest absolute Gasteiger partial charge is 0.341 e. The first-order valence-electron chi connectivity index (χ1n) is 8.08. The van der Waals surface area contributed by atoms with Gasteiger partial charge >= 0.3 is 5.97 Å². The topological polar surface area (TPSA) is 93.7 Å². The molecule has 1 aromatic heterocycles. The summed E-state index contributed by atoms with van der Waals surface area (Å²) >= 11 is 6.81. The minimum Gasteiger partial charge on any atom is -0.484 e. The number of halogens is 1. The molecule has 0 spiro atoms. The Morgan fingerprint density at radius 2 is 1.85 bits per heavy atom. The maximum Gasteiger partial charge on any atom is 0.341 e. The summed E-state index contributed by atoms with van der Waals surface area (Å²) < 4.78 is 10.4. The lowest BCUT2D eigenvalue weighted by molar-refractivity contribution is -0.118. The molecule has 1 heterocycles. The summed E-state index contributed by atoms with van der Waals surface area (Å²) in [5, 5.41) is 5.93. The Kier molecular flexibility index (Phi) is 7.20. The van der Waals surface area contributed by atoms with E-state index in [1.54, 1.807) is 38.1 Å². The van der Waals surface area contributed by atoms with Crippen molar-refractivity contribution in [1.82, 2.24) is 5.32 Å². The van der Waals surface area contributed by atoms with Gasteiger partial charge in [0, 0.05) is 12.1 Å². The molecule has 2 rings (SSSR count). The number of hydrogen-bond donors (Lipinski definition) is 2. The van der Waals surface area contributed by atoms with Crippen molar-refractivity contribution in [1.29, 1.82) is 0 Å². The van der Waals surface area contributed by atoms with Crippen molar-refractivity contribution in [3.05, 3.63) is 45.3 Å². The number of thiophene rings is 1. The number of hydrogen-bond acceptors (Lipinski definition) is 6. The third-order valence-electron chi connectivity index (χ3n) is 3.50. The van der Waals surface area contributed by atoms with E-state index in [0.717, 1.165) is 11.3 Å². The summed E-state index contributed by atoms with van der Waals surface area (Å²) in [4.78, 5) is 36.8. The molecule has 2 aromatic rings. The van der Waals surface area contributed by atoms with Crippen LogP contribution in [0.25, 0.3) is 0 Å². The lowest BCUT2D eigenvalue weighted by Gasteiger charge is -2.08. The predicted molar refractivity (Wildman–Crippen MR) is 104 cm³/mol. The number of carbonyl (C=O) groups is 3. The fourth-order valence-corrected chi connectivity index (χ4v) is 3.51. The summed E-state index contributed by atoms with van der Waals surface area (Å²) in [5.41, 5.74) is 0.618. The Balaban J connectivity index is 2.17. The number of anilines is 1. The summed E-state index contributed by atoms with van der Waals surface area (Å²) in [6.07, 6.45) is 0. The molecule has 0 aliphatic heterocycles. The second-order valence-corrected chi connectivity index (χ2v) is 6.81. The largest absolute Gasteiger partial charge is 0.484 e. The van der Waals surface area contributed by atoms with Crippen molar-refractivity contribution < 1.29 is 23.9 Å². The second-order valence-electron chi connectivity index (χ2n) is 5.35. The molecule has 0 unspecified atom stereocenters. The Morgan fingerprint density at radius 3 is 2.44 bits per heavy atom. The molecule has 7 nitrogen and oxygen atoms in total. The van der Waals surface area contributed by atoms with E-state index in [-0.39, 0.29) is 29.7 Å². The van der Waals surface area contributed by atoms with Crippen LogP contribution in [0.15, 0.2) is 24.3 Å². The van der Waals surface area contributed by atoms with Gasteiger partial charge in [-0.05, 0) is 43.7 Å². The average Bonchev–Trinajstić information content (AvgIpc) is 2.96. The first kappa shape index (κ1) is 20.7. The Morgan fingerprint density at radius 1 is 1.19 bits per heavy atom. The second kappa shape index (κ2) is 9.38. The molecule has 27 heavy (non-hydrogen) atoms. The third kappa shape index (κ3) is 5.21. The van der Waals surface area contributed by atoms with E-state index in [4.69, 9.17) is 21.1 Å². The van der Waals surface area contributed by atoms with Crippen LogP contribution in [0.3, 0.4) is 0 Å². The zero-order valence-electron chi connectivity index (χ0n) is 15.1. The van der Waals surface area contributed by atoms with Gasteiger partial charge in [-0.3, -0.25) is 9.59 Å². The third-order valence-corrected chi connectivity index (χ3v) is 4.95. The molecule has 1 aromatic carbocycles. The van der Waals surface area contributed by atoms with E-state index >= 15 is 0 Å². The van der Waals surface area contributed by atoms with Crippen molar-refractivity contribution >= 4 is 45.7 Å². The number of rotatable bonds is 7. The van der Waals surface area contributed by atoms with Gasteiger partial charge in [-0.2, -0.15) is 0 Å². The summed E-state index contributed by atoms with van der Waals surface area (Å²) in [7, 11) is 1.49. The highest BCUT2D eigenvalue weighted by Gasteiger charge is 2.26. The van der Waals surface area contributed by atoms with E-state index in [1.807, 2.05) is 0 Å². The molecule has 0 aliphatic carbocycles. The van der Waals surface area contributed by atoms with Crippen LogP contribution in [-0.2, 0) is 9.53 Å². The van der Waals surface area contributed by atoms with Crippen LogP contribution in [0.1, 0.15) is 32.5 Å². The SMILES string of the molecule is CCOC(=O)c1c(NC(=O)COc2ccc(Cl)cc2)sc(C(=O)NC)c1C. The maximum atomic E-state index is 12.3. The van der Waals surface area contributed by atoms with Crippen molar-refractivity contribution in [2.24, 2.45) is 0 Å². The number of carbonyl (C=O) groups excluding carboxylic acids is 3. The van der Waals surface area contributed by atoms with Crippen molar-refractivity contribution in [3.8, 4) is 5.75 Å². The lowest BCUT2D eigenvalue weighted by Crippen LogP contribution is -2.21. The molecule has 0 saturated carbocycles. The van der Waals surface area contributed by atoms with Gasteiger partial charge in [-0.1, -0.05) is 11.6 Å². The standard InChI is InChI=1S/C18H19ClN2O5S/c1-4-25-18(24)14-10(2)15(16(23)20-3)27-17(14)21-13(22)9-26-12-7-5-11(19)6-8-12/h5-8H,4,9H2,1-3H3,(H,20,23)(H,21,22). The molecule has 2 amide bonds. The van der Waals surface area contributed by atoms with Crippen LogP contribution >= 0.6 is 22.9 Å². The van der Waals surface area contributed by atoms with Crippen LogP contribution < -0.4 is 15.4 Å². The van der Waals surface area contributed by atoms with E-state index < -0.39 is 11.9 Å². The summed E-state index contributed by atoms with van der Waals surface area (Å²) in [6, 6.07) is 6.56. The van der Waals surface area contributed by atoms with Gasteiger partial charge in [0.05, 0.1) is 17.0 Å². The fraction of sp³-hybridized carbons (Fsp3) is 0.278. The molecular weight excluding hydrogens is 392 g/mol. The number of ether oxygens (including phenoxy) is 2. The molecule has 0 bridgehead atoms. The zero-order chi connectivity index (χ0) is 20.0. The Hall–Kier alpha value is -2.58. The van der Waals surface area contributed by atoms with Crippen LogP contribution in [-0.4, -0.2) is 38.0 Å². The molecule has 144 valence electrons. The van der Waals surface area contributed by atoms with Crippen molar-refractivity contribution in [2.75, 3.05) is 25.6 Å². The number of amides is 2. The predicted octanol–water partition coefficient (Wildman–Crippen LogP) is 3.26. The molecule has 2 N–H and O–H groups in total. The number of nitrogens with one attached hydrogen (secondary N) is 2. The van der Waals surface area contributed by atoms with Gasteiger partial charge in [0.15, 0.2) is 6.61 Å².